The number of hydrogen-bond acceptors (Lipinski definition) is 6. The van der Waals surface area contributed by atoms with E-state index in [9.17, 15) is 9.59 Å². The minimum atomic E-state index is -0.833. The van der Waals surface area contributed by atoms with Crippen LogP contribution in [0.25, 0.3) is 11.0 Å². The summed E-state index contributed by atoms with van der Waals surface area (Å²) in [5.41, 5.74) is 0.0453. The van der Waals surface area contributed by atoms with E-state index in [0.717, 1.165) is 25.2 Å². The molecule has 3 heterocycles. The number of carbonyl (C=O) groups is 2. The van der Waals surface area contributed by atoms with Crippen LogP contribution in [-0.2, 0) is 9.59 Å². The zero-order valence-corrected chi connectivity index (χ0v) is 14.9. The van der Waals surface area contributed by atoms with Crippen molar-refractivity contribution in [3.63, 3.8) is 0 Å². The Morgan fingerprint density at radius 1 is 1.30 bits per heavy atom. The zero-order valence-electron chi connectivity index (χ0n) is 14.9. The quantitative estimate of drug-likeness (QED) is 0.690. The molecule has 144 valence electrons. The minimum absolute atomic E-state index is 0.0452. The van der Waals surface area contributed by atoms with Crippen molar-refractivity contribution < 1.29 is 23.8 Å². The van der Waals surface area contributed by atoms with Crippen molar-refractivity contribution >= 4 is 22.8 Å². The number of benzene rings is 1. The number of carboxylic acid groups (broad SMARTS) is 1. The van der Waals surface area contributed by atoms with Crippen LogP contribution in [0.4, 0.5) is 0 Å². The van der Waals surface area contributed by atoms with Crippen molar-refractivity contribution in [1.82, 2.24) is 10.6 Å². The van der Waals surface area contributed by atoms with Crippen LogP contribution in [0.1, 0.15) is 26.2 Å². The third-order valence-corrected chi connectivity index (χ3v) is 4.61. The number of fused-ring (bicyclic) bond motifs is 3. The summed E-state index contributed by atoms with van der Waals surface area (Å²) in [6, 6.07) is 9.41. The number of carboxylic acids is 1. The van der Waals surface area contributed by atoms with Gasteiger partial charge in [0.15, 0.2) is 6.61 Å². The van der Waals surface area contributed by atoms with E-state index in [2.05, 4.69) is 10.6 Å². The summed E-state index contributed by atoms with van der Waals surface area (Å²) in [4.78, 5) is 32.3. The molecule has 2 fully saturated rings. The molecule has 0 saturated carbocycles. The molecular weight excluding hydrogens is 352 g/mol. The molecule has 2 bridgehead atoms. The van der Waals surface area contributed by atoms with Gasteiger partial charge in [0.05, 0.1) is 0 Å². The number of aliphatic carboxylic acids is 1. The molecule has 1 amide bonds. The second kappa shape index (κ2) is 8.22. The van der Waals surface area contributed by atoms with Crippen molar-refractivity contribution in [2.45, 2.75) is 44.3 Å². The normalized spacial score (nSPS) is 22.8. The molecule has 27 heavy (non-hydrogen) atoms. The van der Waals surface area contributed by atoms with Crippen LogP contribution in [-0.4, -0.2) is 41.7 Å². The molecule has 0 aliphatic carbocycles. The van der Waals surface area contributed by atoms with Gasteiger partial charge in [-0.25, -0.2) is 4.79 Å². The van der Waals surface area contributed by atoms with Gasteiger partial charge in [-0.3, -0.25) is 9.59 Å². The lowest BCUT2D eigenvalue weighted by molar-refractivity contribution is -0.134. The van der Waals surface area contributed by atoms with Gasteiger partial charge in [-0.15, -0.1) is 0 Å². The number of rotatable bonds is 4. The van der Waals surface area contributed by atoms with E-state index in [1.54, 1.807) is 24.3 Å². The third kappa shape index (κ3) is 5.07. The number of hydrogen-bond donors (Lipinski definition) is 3. The molecule has 2 aromatic rings. The molecule has 1 aromatic heterocycles. The van der Waals surface area contributed by atoms with E-state index in [1.807, 2.05) is 0 Å². The summed E-state index contributed by atoms with van der Waals surface area (Å²) in [6.07, 6.45) is 3.33. The van der Waals surface area contributed by atoms with Gasteiger partial charge >= 0.3 is 5.63 Å². The van der Waals surface area contributed by atoms with Crippen molar-refractivity contribution in [3.05, 3.63) is 40.8 Å². The Kier molecular flexibility index (Phi) is 5.75. The Hall–Kier alpha value is -2.87. The molecule has 1 aromatic carbocycles. The Labute approximate surface area is 155 Å². The van der Waals surface area contributed by atoms with Crippen molar-refractivity contribution in [3.8, 4) is 5.75 Å². The molecule has 2 aliphatic heterocycles. The largest absolute Gasteiger partial charge is 0.484 e. The lowest BCUT2D eigenvalue weighted by Gasteiger charge is -2.21. The minimum Gasteiger partial charge on any atom is -0.484 e. The first-order valence-corrected chi connectivity index (χ1v) is 8.82. The van der Waals surface area contributed by atoms with Gasteiger partial charge in [0, 0.05) is 42.6 Å². The van der Waals surface area contributed by atoms with Crippen LogP contribution in [0, 0.1) is 0 Å². The monoisotopic (exact) mass is 374 g/mol. The van der Waals surface area contributed by atoms with Gasteiger partial charge in [-0.2, -0.15) is 0 Å². The van der Waals surface area contributed by atoms with E-state index in [0.29, 0.717) is 23.4 Å². The lowest BCUT2D eigenvalue weighted by Crippen LogP contribution is -2.44. The fraction of sp³-hybridized carbons (Fsp3) is 0.421. The van der Waals surface area contributed by atoms with Gasteiger partial charge in [0.1, 0.15) is 11.3 Å². The Morgan fingerprint density at radius 2 is 2.04 bits per heavy atom. The maximum Gasteiger partial charge on any atom is 0.336 e. The van der Waals surface area contributed by atoms with Crippen LogP contribution < -0.4 is 21.0 Å². The highest BCUT2D eigenvalue weighted by Crippen LogP contribution is 2.28. The Bertz CT molecular complexity index is 889. The van der Waals surface area contributed by atoms with E-state index in [4.69, 9.17) is 19.1 Å². The SMILES string of the molecule is CC(=O)O.O=C(COc1ccc2ccc(=O)oc2c1)N[C@H]1C[C@H]2CC[C@@H]1N2. The molecule has 8 heteroatoms. The molecule has 8 nitrogen and oxygen atoms in total. The van der Waals surface area contributed by atoms with Crippen molar-refractivity contribution in [2.24, 2.45) is 0 Å². The molecule has 3 atom stereocenters. The fourth-order valence-electron chi connectivity index (χ4n) is 3.51. The molecule has 2 saturated heterocycles. The summed E-state index contributed by atoms with van der Waals surface area (Å²) in [6.45, 7) is 1.04. The first-order chi connectivity index (χ1) is 12.9. The van der Waals surface area contributed by atoms with Gasteiger partial charge in [-0.1, -0.05) is 0 Å². The fourth-order valence-corrected chi connectivity index (χ4v) is 3.51. The number of ether oxygens (including phenoxy) is 1. The first kappa shape index (κ1) is 18.9. The molecule has 4 rings (SSSR count). The number of carbonyl (C=O) groups excluding carboxylic acids is 1. The van der Waals surface area contributed by atoms with Gasteiger partial charge < -0.3 is 24.9 Å². The average Bonchev–Trinajstić information content (AvgIpc) is 3.22. The highest BCUT2D eigenvalue weighted by molar-refractivity contribution is 5.79. The van der Waals surface area contributed by atoms with Crippen LogP contribution in [0.3, 0.4) is 0 Å². The average molecular weight is 374 g/mol. The Balaban J connectivity index is 0.000000481. The van der Waals surface area contributed by atoms with E-state index < -0.39 is 11.6 Å². The number of nitrogens with one attached hydrogen (secondary N) is 2. The predicted octanol–water partition coefficient (Wildman–Crippen LogP) is 1.27. The molecule has 0 unspecified atom stereocenters. The van der Waals surface area contributed by atoms with Gasteiger partial charge in [-0.05, 0) is 37.5 Å². The topological polar surface area (TPSA) is 118 Å². The molecule has 2 aliphatic rings. The Morgan fingerprint density at radius 3 is 2.70 bits per heavy atom. The van der Waals surface area contributed by atoms with Crippen molar-refractivity contribution in [1.29, 1.82) is 0 Å². The third-order valence-electron chi connectivity index (χ3n) is 4.61. The van der Waals surface area contributed by atoms with Gasteiger partial charge in [0.25, 0.3) is 11.9 Å². The summed E-state index contributed by atoms with van der Waals surface area (Å²) in [7, 11) is 0. The van der Waals surface area contributed by atoms with Gasteiger partial charge in [0.2, 0.25) is 0 Å². The maximum absolute atomic E-state index is 12.0. The summed E-state index contributed by atoms with van der Waals surface area (Å²) < 4.78 is 10.6. The lowest BCUT2D eigenvalue weighted by atomic mass is 9.95. The first-order valence-electron chi connectivity index (χ1n) is 8.82. The number of amides is 1. The van der Waals surface area contributed by atoms with Crippen LogP contribution in [0.2, 0.25) is 0 Å². The van der Waals surface area contributed by atoms with Crippen LogP contribution >= 0.6 is 0 Å². The standard InChI is InChI=1S/C17H18N2O4.C2H4O2/c20-16(19-14-7-11-3-5-13(14)18-11)9-22-12-4-1-10-2-6-17(21)23-15(10)8-12;1-2(3)4/h1-2,4,6,8,11,13-14,18H,3,5,7,9H2,(H,19,20);1H3,(H,3,4)/t11-,13+,14+;/m1./s1. The predicted molar refractivity (Wildman–Crippen MR) is 97.8 cm³/mol. The smallest absolute Gasteiger partial charge is 0.336 e. The van der Waals surface area contributed by atoms with E-state index in [-0.39, 0.29) is 18.6 Å². The van der Waals surface area contributed by atoms with E-state index >= 15 is 0 Å². The second-order valence-electron chi connectivity index (χ2n) is 6.72. The summed E-state index contributed by atoms with van der Waals surface area (Å²) in [5.74, 6) is -0.452. The molecule has 0 radical (unpaired) electrons. The molecule has 3 N–H and O–H groups in total. The molecule has 0 spiro atoms. The van der Waals surface area contributed by atoms with Crippen LogP contribution in [0.15, 0.2) is 39.5 Å². The highest BCUT2D eigenvalue weighted by atomic mass is 16.5. The summed E-state index contributed by atoms with van der Waals surface area (Å²) >= 11 is 0. The van der Waals surface area contributed by atoms with E-state index in [1.165, 1.54) is 12.5 Å². The summed E-state index contributed by atoms with van der Waals surface area (Å²) in [5, 5.41) is 14.7. The zero-order chi connectivity index (χ0) is 19.4. The van der Waals surface area contributed by atoms with Crippen molar-refractivity contribution in [2.75, 3.05) is 6.61 Å². The van der Waals surface area contributed by atoms with Crippen LogP contribution in [0.5, 0.6) is 5.75 Å². The maximum atomic E-state index is 12.0. The second-order valence-corrected chi connectivity index (χ2v) is 6.72. The molecular formula is C19H22N2O6. The highest BCUT2D eigenvalue weighted by Gasteiger charge is 2.39.